The van der Waals surface area contributed by atoms with Crippen LogP contribution in [0.15, 0.2) is 103 Å². The van der Waals surface area contributed by atoms with Crippen molar-refractivity contribution >= 4 is 11.0 Å². The molecule has 0 aliphatic rings. The highest BCUT2D eigenvalue weighted by atomic mass is 15.1. The van der Waals surface area contributed by atoms with Crippen LogP contribution in [-0.4, -0.2) is 9.55 Å². The van der Waals surface area contributed by atoms with Crippen molar-refractivity contribution in [1.29, 1.82) is 0 Å². The molecule has 0 amide bonds. The number of aryl methyl sites for hydroxylation is 1. The minimum atomic E-state index is -2.21. The van der Waals surface area contributed by atoms with Crippen molar-refractivity contribution in [2.75, 3.05) is 0 Å². The molecule has 0 aliphatic carbocycles. The standard InChI is InChI=1S/C26H20N2/c1-19-16-17-21(18-23(19)20-10-4-2-5-11-20)26-27-24-14-8-9-15-25(24)28(26)22-12-6-3-7-13-22/h2-18H,1H3/i1D3. The molecule has 0 aliphatic heterocycles. The van der Waals surface area contributed by atoms with Crippen LogP contribution in [0.1, 0.15) is 9.68 Å². The lowest BCUT2D eigenvalue weighted by molar-refractivity contribution is 1.10. The predicted molar refractivity (Wildman–Crippen MR) is 117 cm³/mol. The van der Waals surface area contributed by atoms with Gasteiger partial charge in [-0.2, -0.15) is 0 Å². The van der Waals surface area contributed by atoms with E-state index in [1.807, 2.05) is 97.1 Å². The maximum absolute atomic E-state index is 8.02. The minimum absolute atomic E-state index is 0.338. The van der Waals surface area contributed by atoms with Gasteiger partial charge in [-0.15, -0.1) is 0 Å². The molecule has 5 rings (SSSR count). The monoisotopic (exact) mass is 363 g/mol. The Labute approximate surface area is 169 Å². The van der Waals surface area contributed by atoms with Gasteiger partial charge in [0.2, 0.25) is 0 Å². The van der Waals surface area contributed by atoms with Crippen LogP contribution in [0.25, 0.3) is 39.2 Å². The molecule has 0 N–H and O–H groups in total. The zero-order valence-electron chi connectivity index (χ0n) is 18.2. The van der Waals surface area contributed by atoms with E-state index in [1.165, 1.54) is 0 Å². The summed E-state index contributed by atoms with van der Waals surface area (Å²) in [6, 6.07) is 33.3. The summed E-state index contributed by atoms with van der Waals surface area (Å²) in [6.07, 6.45) is 0. The predicted octanol–water partition coefficient (Wildman–Crippen LogP) is 6.67. The topological polar surface area (TPSA) is 17.8 Å². The molecule has 1 aromatic heterocycles. The third-order valence-corrected chi connectivity index (χ3v) is 4.94. The van der Waals surface area contributed by atoms with Crippen LogP contribution in [0.2, 0.25) is 0 Å². The normalized spacial score (nSPS) is 13.1. The molecule has 2 nitrogen and oxygen atoms in total. The first-order valence-corrected chi connectivity index (χ1v) is 9.25. The maximum Gasteiger partial charge on any atom is 0.145 e. The molecular formula is C26H20N2. The number of fused-ring (bicyclic) bond motifs is 1. The van der Waals surface area contributed by atoms with Crippen molar-refractivity contribution in [2.45, 2.75) is 6.85 Å². The third kappa shape index (κ3) is 2.80. The zero-order chi connectivity index (χ0) is 21.4. The summed E-state index contributed by atoms with van der Waals surface area (Å²) in [7, 11) is 0. The highest BCUT2D eigenvalue weighted by Crippen LogP contribution is 2.32. The average Bonchev–Trinajstić information content (AvgIpc) is 3.19. The van der Waals surface area contributed by atoms with Crippen molar-refractivity contribution in [1.82, 2.24) is 9.55 Å². The number of hydrogen-bond acceptors (Lipinski definition) is 1. The summed E-state index contributed by atoms with van der Waals surface area (Å²) >= 11 is 0. The van der Waals surface area contributed by atoms with E-state index in [0.717, 1.165) is 33.7 Å². The number of para-hydroxylation sites is 3. The fourth-order valence-corrected chi connectivity index (χ4v) is 3.60. The summed E-state index contributed by atoms with van der Waals surface area (Å²) in [4.78, 5) is 4.91. The first-order valence-electron chi connectivity index (χ1n) is 10.8. The fourth-order valence-electron chi connectivity index (χ4n) is 3.60. The van der Waals surface area contributed by atoms with Crippen LogP contribution >= 0.6 is 0 Å². The molecular weight excluding hydrogens is 340 g/mol. The van der Waals surface area contributed by atoms with Gasteiger partial charge in [0, 0.05) is 15.4 Å². The number of nitrogens with zero attached hydrogens (tertiary/aromatic N) is 2. The second kappa shape index (κ2) is 6.82. The molecule has 0 saturated carbocycles. The first kappa shape index (κ1) is 13.5. The van der Waals surface area contributed by atoms with Gasteiger partial charge < -0.3 is 0 Å². The number of imidazole rings is 1. The largest absolute Gasteiger partial charge is 0.292 e. The van der Waals surface area contributed by atoms with Gasteiger partial charge in [-0.1, -0.05) is 72.8 Å². The lowest BCUT2D eigenvalue weighted by Crippen LogP contribution is -1.97. The van der Waals surface area contributed by atoms with Crippen molar-refractivity contribution in [2.24, 2.45) is 0 Å². The quantitative estimate of drug-likeness (QED) is 0.350. The second-order valence-corrected chi connectivity index (χ2v) is 6.72. The molecule has 2 heteroatoms. The van der Waals surface area contributed by atoms with Crippen molar-refractivity contribution in [3.05, 3.63) is 109 Å². The lowest BCUT2D eigenvalue weighted by Gasteiger charge is -2.12. The molecule has 1 heterocycles. The summed E-state index contributed by atoms with van der Waals surface area (Å²) in [5, 5.41) is 0. The first-order chi connectivity index (χ1) is 15.0. The summed E-state index contributed by atoms with van der Waals surface area (Å²) in [5.41, 5.74) is 5.68. The zero-order valence-corrected chi connectivity index (χ0v) is 15.2. The molecule has 0 atom stereocenters. The number of benzene rings is 4. The van der Waals surface area contributed by atoms with Gasteiger partial charge in [-0.05, 0) is 53.9 Å². The Kier molecular flexibility index (Phi) is 3.29. The number of rotatable bonds is 3. The molecule has 134 valence electrons. The van der Waals surface area contributed by atoms with Gasteiger partial charge in [-0.3, -0.25) is 4.57 Å². The van der Waals surface area contributed by atoms with Crippen LogP contribution in [0, 0.1) is 6.85 Å². The highest BCUT2D eigenvalue weighted by molar-refractivity contribution is 5.84. The summed E-state index contributed by atoms with van der Waals surface area (Å²) < 4.78 is 26.2. The Morgan fingerprint density at radius 1 is 0.714 bits per heavy atom. The van der Waals surface area contributed by atoms with Gasteiger partial charge in [0.1, 0.15) is 5.82 Å². The van der Waals surface area contributed by atoms with Crippen LogP contribution in [0.3, 0.4) is 0 Å². The van der Waals surface area contributed by atoms with Gasteiger partial charge in [0.05, 0.1) is 11.0 Å². The van der Waals surface area contributed by atoms with Gasteiger partial charge in [-0.25, -0.2) is 4.98 Å². The Balaban J connectivity index is 1.79. The van der Waals surface area contributed by atoms with E-state index in [1.54, 1.807) is 6.07 Å². The number of hydrogen-bond donors (Lipinski definition) is 0. The van der Waals surface area contributed by atoms with Crippen molar-refractivity contribution in [3.63, 3.8) is 0 Å². The summed E-state index contributed by atoms with van der Waals surface area (Å²) in [6.45, 7) is -2.21. The minimum Gasteiger partial charge on any atom is -0.292 e. The number of aromatic nitrogens is 2. The van der Waals surface area contributed by atoms with E-state index in [9.17, 15) is 0 Å². The van der Waals surface area contributed by atoms with Crippen LogP contribution < -0.4 is 0 Å². The van der Waals surface area contributed by atoms with Gasteiger partial charge in [0.15, 0.2) is 0 Å². The van der Waals surface area contributed by atoms with Crippen LogP contribution in [0.5, 0.6) is 0 Å². The molecule has 0 unspecified atom stereocenters. The maximum atomic E-state index is 8.02. The molecule has 0 saturated heterocycles. The van der Waals surface area contributed by atoms with E-state index < -0.39 is 6.85 Å². The Morgan fingerprint density at radius 2 is 1.43 bits per heavy atom. The Bertz CT molecular complexity index is 1350. The summed E-state index contributed by atoms with van der Waals surface area (Å²) in [5.74, 6) is 0.779. The van der Waals surface area contributed by atoms with E-state index in [0.29, 0.717) is 11.1 Å². The molecule has 5 aromatic rings. The Morgan fingerprint density at radius 3 is 2.21 bits per heavy atom. The van der Waals surface area contributed by atoms with Crippen LogP contribution in [0.4, 0.5) is 0 Å². The molecule has 0 fully saturated rings. The van der Waals surface area contributed by atoms with Crippen molar-refractivity contribution < 1.29 is 4.11 Å². The SMILES string of the molecule is [2H]C([2H])([2H])c1ccc(-c2nc3ccccc3n2-c2ccccc2)cc1-c1ccccc1. The van der Waals surface area contributed by atoms with Crippen molar-refractivity contribution in [3.8, 4) is 28.2 Å². The molecule has 0 radical (unpaired) electrons. The molecule has 4 aromatic carbocycles. The van der Waals surface area contributed by atoms with E-state index in [-0.39, 0.29) is 0 Å². The van der Waals surface area contributed by atoms with Gasteiger partial charge in [0.25, 0.3) is 0 Å². The van der Waals surface area contributed by atoms with Gasteiger partial charge >= 0.3 is 0 Å². The molecule has 0 spiro atoms. The Hall–Kier alpha value is -3.65. The van der Waals surface area contributed by atoms with E-state index in [2.05, 4.69) is 4.57 Å². The fraction of sp³-hybridized carbons (Fsp3) is 0.0385. The van der Waals surface area contributed by atoms with E-state index >= 15 is 0 Å². The van der Waals surface area contributed by atoms with E-state index in [4.69, 9.17) is 9.10 Å². The average molecular weight is 363 g/mol. The molecule has 0 bridgehead atoms. The third-order valence-electron chi connectivity index (χ3n) is 4.94. The highest BCUT2D eigenvalue weighted by Gasteiger charge is 2.15. The lowest BCUT2D eigenvalue weighted by atomic mass is 9.98. The molecule has 28 heavy (non-hydrogen) atoms. The second-order valence-electron chi connectivity index (χ2n) is 6.72. The smallest absolute Gasteiger partial charge is 0.145 e. The van der Waals surface area contributed by atoms with Crippen LogP contribution in [-0.2, 0) is 0 Å².